The lowest BCUT2D eigenvalue weighted by Crippen LogP contribution is -1.99. The van der Waals surface area contributed by atoms with Gasteiger partial charge < -0.3 is 5.11 Å². The minimum absolute atomic E-state index is 0.276. The molecule has 0 saturated carbocycles. The van der Waals surface area contributed by atoms with E-state index in [4.69, 9.17) is 5.11 Å². The summed E-state index contributed by atoms with van der Waals surface area (Å²) in [6, 6.07) is 4.05. The monoisotopic (exact) mass is 198 g/mol. The van der Waals surface area contributed by atoms with Crippen molar-refractivity contribution in [3.05, 3.63) is 30.1 Å². The molecular weight excluding hydrogens is 174 g/mol. The fourth-order valence-corrected chi connectivity index (χ4v) is 0.871. The van der Waals surface area contributed by atoms with Gasteiger partial charge in [0.05, 0.1) is 0 Å². The predicted octanol–water partition coefficient (Wildman–Crippen LogP) is 2.48. The summed E-state index contributed by atoms with van der Waals surface area (Å²) >= 11 is 0. The van der Waals surface area contributed by atoms with Gasteiger partial charge in [-0.05, 0) is 18.4 Å². The quantitative estimate of drug-likeness (QED) is 0.795. The standard InChI is InChI=1S/C8H11NO.2C2H6/c10-7-1-2-8-3-5-9-6-4-8;2*1-2/h3-6,10H,1-2,7H2;2*1-2H3/p+1. The highest BCUT2D eigenvalue weighted by atomic mass is 16.2. The third-order valence-electron chi connectivity index (χ3n) is 1.41. The van der Waals surface area contributed by atoms with Crippen LogP contribution in [0, 0.1) is 0 Å². The first-order valence-corrected chi connectivity index (χ1v) is 5.49. The van der Waals surface area contributed by atoms with E-state index in [-0.39, 0.29) is 6.61 Å². The number of aromatic nitrogens is 1. The first kappa shape index (κ1) is 15.6. The molecule has 0 atom stereocenters. The minimum atomic E-state index is 0.276. The van der Waals surface area contributed by atoms with Crippen LogP contribution >= 0.6 is 0 Å². The zero-order valence-electron chi connectivity index (χ0n) is 9.88. The molecule has 0 bridgehead atoms. The Balaban J connectivity index is 0. The largest absolute Gasteiger partial charge is 0.396 e. The van der Waals surface area contributed by atoms with Crippen LogP contribution in [-0.4, -0.2) is 11.7 Å². The Hall–Kier alpha value is -0.890. The normalized spacial score (nSPS) is 7.79. The number of nitrogens with one attached hydrogen (secondary N) is 1. The Morgan fingerprint density at radius 1 is 1.07 bits per heavy atom. The highest BCUT2D eigenvalue weighted by molar-refractivity contribution is 5.06. The number of aromatic amines is 1. The van der Waals surface area contributed by atoms with Gasteiger partial charge in [0.2, 0.25) is 0 Å². The second kappa shape index (κ2) is 14.6. The average Bonchev–Trinajstić information content (AvgIpc) is 2.33. The van der Waals surface area contributed by atoms with Gasteiger partial charge in [-0.25, -0.2) is 4.98 Å². The summed E-state index contributed by atoms with van der Waals surface area (Å²) in [6.07, 6.45) is 5.61. The van der Waals surface area contributed by atoms with E-state index in [0.717, 1.165) is 12.8 Å². The highest BCUT2D eigenvalue weighted by Gasteiger charge is 1.91. The number of rotatable bonds is 3. The highest BCUT2D eigenvalue weighted by Crippen LogP contribution is 1.97. The third-order valence-corrected chi connectivity index (χ3v) is 1.41. The molecule has 0 aliphatic carbocycles. The summed E-state index contributed by atoms with van der Waals surface area (Å²) in [5, 5.41) is 8.52. The van der Waals surface area contributed by atoms with Crippen molar-refractivity contribution < 1.29 is 10.1 Å². The number of aliphatic hydroxyl groups is 1. The Bertz CT molecular complexity index is 175. The van der Waals surface area contributed by atoms with Gasteiger partial charge in [0.25, 0.3) is 0 Å². The molecule has 0 unspecified atom stereocenters. The molecule has 1 aromatic heterocycles. The molecule has 0 radical (unpaired) electrons. The molecule has 0 aliphatic heterocycles. The van der Waals surface area contributed by atoms with Crippen molar-refractivity contribution in [1.82, 2.24) is 0 Å². The van der Waals surface area contributed by atoms with Crippen molar-refractivity contribution in [2.75, 3.05) is 6.61 Å². The van der Waals surface area contributed by atoms with Gasteiger partial charge in [0.15, 0.2) is 12.4 Å². The lowest BCUT2D eigenvalue weighted by molar-refractivity contribution is -0.378. The number of pyridine rings is 1. The first-order valence-electron chi connectivity index (χ1n) is 5.49. The fraction of sp³-hybridized carbons (Fsp3) is 0.583. The Kier molecular flexibility index (Phi) is 16.3. The van der Waals surface area contributed by atoms with E-state index in [1.165, 1.54) is 5.56 Å². The molecule has 0 saturated heterocycles. The van der Waals surface area contributed by atoms with Crippen LogP contribution in [0.4, 0.5) is 0 Å². The van der Waals surface area contributed by atoms with Crippen molar-refractivity contribution in [2.24, 2.45) is 0 Å². The van der Waals surface area contributed by atoms with E-state index in [9.17, 15) is 0 Å². The lowest BCUT2D eigenvalue weighted by atomic mass is 10.1. The second-order valence-corrected chi connectivity index (χ2v) is 2.24. The van der Waals surface area contributed by atoms with Gasteiger partial charge in [-0.2, -0.15) is 0 Å². The summed E-state index contributed by atoms with van der Waals surface area (Å²) in [7, 11) is 0. The van der Waals surface area contributed by atoms with Gasteiger partial charge in [0, 0.05) is 18.7 Å². The number of hydrogen-bond acceptors (Lipinski definition) is 1. The molecule has 0 spiro atoms. The van der Waals surface area contributed by atoms with E-state index in [1.54, 1.807) is 0 Å². The van der Waals surface area contributed by atoms with Crippen LogP contribution in [0.5, 0.6) is 0 Å². The predicted molar refractivity (Wildman–Crippen MR) is 61.1 cm³/mol. The molecule has 0 fully saturated rings. The van der Waals surface area contributed by atoms with Crippen LogP contribution in [0.1, 0.15) is 39.7 Å². The van der Waals surface area contributed by atoms with Gasteiger partial charge in [-0.3, -0.25) is 0 Å². The number of aliphatic hydroxyl groups excluding tert-OH is 1. The summed E-state index contributed by atoms with van der Waals surface area (Å²) < 4.78 is 0. The summed E-state index contributed by atoms with van der Waals surface area (Å²) in [6.45, 7) is 8.28. The van der Waals surface area contributed by atoms with Gasteiger partial charge in [-0.1, -0.05) is 27.7 Å². The van der Waals surface area contributed by atoms with Crippen LogP contribution in [0.2, 0.25) is 0 Å². The minimum Gasteiger partial charge on any atom is -0.396 e. The molecule has 0 amide bonds. The molecule has 0 aromatic carbocycles. The number of H-pyrrole nitrogens is 1. The van der Waals surface area contributed by atoms with Crippen LogP contribution in [-0.2, 0) is 6.42 Å². The van der Waals surface area contributed by atoms with Crippen molar-refractivity contribution in [3.8, 4) is 0 Å². The summed E-state index contributed by atoms with van der Waals surface area (Å²) in [4.78, 5) is 2.95. The van der Waals surface area contributed by atoms with Crippen molar-refractivity contribution in [1.29, 1.82) is 0 Å². The smallest absolute Gasteiger partial charge is 0.167 e. The molecule has 2 heteroatoms. The molecule has 82 valence electrons. The maximum atomic E-state index is 8.52. The molecule has 1 heterocycles. The van der Waals surface area contributed by atoms with E-state index < -0.39 is 0 Å². The molecule has 0 aliphatic rings. The summed E-state index contributed by atoms with van der Waals surface area (Å²) in [5.41, 5.74) is 1.27. The van der Waals surface area contributed by atoms with Crippen LogP contribution in [0.3, 0.4) is 0 Å². The second-order valence-electron chi connectivity index (χ2n) is 2.24. The molecule has 14 heavy (non-hydrogen) atoms. The SMILES string of the molecule is CC.CC.OCCCc1cc[nH+]cc1. The van der Waals surface area contributed by atoms with Gasteiger partial charge in [0.1, 0.15) is 0 Å². The van der Waals surface area contributed by atoms with Crippen molar-refractivity contribution in [3.63, 3.8) is 0 Å². The van der Waals surface area contributed by atoms with E-state index in [2.05, 4.69) is 4.98 Å². The fourth-order valence-electron chi connectivity index (χ4n) is 0.871. The first-order chi connectivity index (χ1) is 6.93. The zero-order valence-corrected chi connectivity index (χ0v) is 9.88. The summed E-state index contributed by atoms with van der Waals surface area (Å²) in [5.74, 6) is 0. The van der Waals surface area contributed by atoms with Crippen molar-refractivity contribution in [2.45, 2.75) is 40.5 Å². The molecule has 2 nitrogen and oxygen atoms in total. The topological polar surface area (TPSA) is 34.4 Å². The van der Waals surface area contributed by atoms with E-state index in [1.807, 2.05) is 52.2 Å². The van der Waals surface area contributed by atoms with Crippen molar-refractivity contribution >= 4 is 0 Å². The maximum absolute atomic E-state index is 8.52. The third kappa shape index (κ3) is 9.20. The molecule has 2 N–H and O–H groups in total. The van der Waals surface area contributed by atoms with Crippen LogP contribution in [0.25, 0.3) is 0 Å². The van der Waals surface area contributed by atoms with Gasteiger partial charge in [-0.15, -0.1) is 0 Å². The Morgan fingerprint density at radius 2 is 1.57 bits per heavy atom. The number of aryl methyl sites for hydroxylation is 1. The van der Waals surface area contributed by atoms with E-state index in [0.29, 0.717) is 0 Å². The Labute approximate surface area is 88.0 Å². The van der Waals surface area contributed by atoms with E-state index >= 15 is 0 Å². The average molecular weight is 198 g/mol. The number of hydrogen-bond donors (Lipinski definition) is 1. The maximum Gasteiger partial charge on any atom is 0.167 e. The van der Waals surface area contributed by atoms with Gasteiger partial charge >= 0.3 is 0 Å². The lowest BCUT2D eigenvalue weighted by Gasteiger charge is -1.93. The molecular formula is C12H24NO+. The van der Waals surface area contributed by atoms with Crippen LogP contribution in [0.15, 0.2) is 24.5 Å². The zero-order chi connectivity index (χ0) is 11.2. The molecule has 1 rings (SSSR count). The molecule has 1 aromatic rings. The van der Waals surface area contributed by atoms with Crippen LogP contribution < -0.4 is 4.98 Å². The Morgan fingerprint density at radius 3 is 2.00 bits per heavy atom.